The monoisotopic (exact) mass is 444 g/mol. The predicted molar refractivity (Wildman–Crippen MR) is 111 cm³/mol. The minimum atomic E-state index is -3.71. The van der Waals surface area contributed by atoms with Crippen LogP contribution in [-0.4, -0.2) is 14.3 Å². The standard InChI is InChI=1S/C20H17BrN2O3S/c1-14-6-2-5-9-19(14)23-27(25,26)16-12-10-15(11-13-16)22-20(24)17-7-3-4-8-18(17)21/h2-13,23H,1H3,(H,22,24). The highest BCUT2D eigenvalue weighted by Crippen LogP contribution is 2.22. The SMILES string of the molecule is Cc1ccccc1NS(=O)(=O)c1ccc(NC(=O)c2ccccc2Br)cc1. The van der Waals surface area contributed by atoms with Gasteiger partial charge in [-0.25, -0.2) is 8.42 Å². The van der Waals surface area contributed by atoms with Gasteiger partial charge in [0, 0.05) is 10.2 Å². The summed E-state index contributed by atoms with van der Waals surface area (Å²) in [6.45, 7) is 1.83. The van der Waals surface area contributed by atoms with E-state index in [0.29, 0.717) is 21.4 Å². The third-order valence-corrected chi connectivity index (χ3v) is 6.00. The Hall–Kier alpha value is -2.64. The molecular weight excluding hydrogens is 428 g/mol. The molecule has 7 heteroatoms. The lowest BCUT2D eigenvalue weighted by molar-refractivity contribution is 0.102. The lowest BCUT2D eigenvalue weighted by atomic mass is 10.2. The first kappa shape index (κ1) is 19.1. The molecule has 138 valence electrons. The molecule has 0 radical (unpaired) electrons. The lowest BCUT2D eigenvalue weighted by Crippen LogP contribution is -2.15. The minimum absolute atomic E-state index is 0.115. The molecular formula is C20H17BrN2O3S. The maximum absolute atomic E-state index is 12.5. The largest absolute Gasteiger partial charge is 0.322 e. The summed E-state index contributed by atoms with van der Waals surface area (Å²) in [5.74, 6) is -0.281. The van der Waals surface area contributed by atoms with E-state index in [1.165, 1.54) is 12.1 Å². The molecule has 0 heterocycles. The van der Waals surface area contributed by atoms with E-state index in [1.807, 2.05) is 25.1 Å². The van der Waals surface area contributed by atoms with Crippen molar-refractivity contribution in [3.05, 3.63) is 88.4 Å². The molecule has 27 heavy (non-hydrogen) atoms. The summed E-state index contributed by atoms with van der Waals surface area (Å²) in [6.07, 6.45) is 0. The predicted octanol–water partition coefficient (Wildman–Crippen LogP) is 4.81. The Morgan fingerprint density at radius 2 is 1.52 bits per heavy atom. The molecule has 0 saturated carbocycles. The van der Waals surface area contributed by atoms with E-state index in [4.69, 9.17) is 0 Å². The first-order valence-corrected chi connectivity index (χ1v) is 10.4. The van der Waals surface area contributed by atoms with Crippen LogP contribution in [0.4, 0.5) is 11.4 Å². The van der Waals surface area contributed by atoms with E-state index in [9.17, 15) is 13.2 Å². The number of anilines is 2. The van der Waals surface area contributed by atoms with Gasteiger partial charge in [-0.15, -0.1) is 0 Å². The average molecular weight is 445 g/mol. The summed E-state index contributed by atoms with van der Waals surface area (Å²) in [4.78, 5) is 12.4. The maximum Gasteiger partial charge on any atom is 0.261 e. The van der Waals surface area contributed by atoms with Crippen molar-refractivity contribution in [3.63, 3.8) is 0 Å². The third-order valence-electron chi connectivity index (χ3n) is 3.93. The Morgan fingerprint density at radius 3 is 2.19 bits per heavy atom. The molecule has 3 aromatic rings. The van der Waals surface area contributed by atoms with Crippen molar-refractivity contribution in [3.8, 4) is 0 Å². The van der Waals surface area contributed by atoms with Crippen LogP contribution >= 0.6 is 15.9 Å². The molecule has 0 unspecified atom stereocenters. The van der Waals surface area contributed by atoms with Crippen molar-refractivity contribution >= 4 is 43.2 Å². The summed E-state index contributed by atoms with van der Waals surface area (Å²) in [7, 11) is -3.71. The lowest BCUT2D eigenvalue weighted by Gasteiger charge is -2.11. The van der Waals surface area contributed by atoms with Gasteiger partial charge in [-0.05, 0) is 70.9 Å². The Labute approximate surface area is 166 Å². The highest BCUT2D eigenvalue weighted by atomic mass is 79.9. The molecule has 2 N–H and O–H groups in total. The average Bonchev–Trinajstić information content (AvgIpc) is 2.64. The van der Waals surface area contributed by atoms with Crippen molar-refractivity contribution in [2.45, 2.75) is 11.8 Å². The molecule has 5 nitrogen and oxygen atoms in total. The Morgan fingerprint density at radius 1 is 0.889 bits per heavy atom. The van der Waals surface area contributed by atoms with Crippen molar-refractivity contribution in [2.75, 3.05) is 10.0 Å². The molecule has 0 aliphatic heterocycles. The number of benzene rings is 3. The number of aryl methyl sites for hydroxylation is 1. The first-order chi connectivity index (χ1) is 12.9. The molecule has 3 aromatic carbocycles. The summed E-state index contributed by atoms with van der Waals surface area (Å²) >= 11 is 3.34. The van der Waals surface area contributed by atoms with Gasteiger partial charge in [0.05, 0.1) is 16.1 Å². The van der Waals surface area contributed by atoms with Gasteiger partial charge in [-0.1, -0.05) is 30.3 Å². The zero-order valence-corrected chi connectivity index (χ0v) is 16.8. The van der Waals surface area contributed by atoms with Crippen molar-refractivity contribution in [1.29, 1.82) is 0 Å². The number of sulfonamides is 1. The summed E-state index contributed by atoms with van der Waals surface area (Å²) in [5, 5.41) is 2.75. The minimum Gasteiger partial charge on any atom is -0.322 e. The molecule has 0 bridgehead atoms. The fourth-order valence-corrected chi connectivity index (χ4v) is 4.05. The second kappa shape index (κ2) is 7.94. The molecule has 0 spiro atoms. The van der Waals surface area contributed by atoms with Gasteiger partial charge < -0.3 is 5.32 Å². The summed E-state index contributed by atoms with van der Waals surface area (Å²) in [5.41, 5.74) is 2.36. The molecule has 0 aliphatic carbocycles. The molecule has 3 rings (SSSR count). The molecule has 0 saturated heterocycles. The number of halogens is 1. The summed E-state index contributed by atoms with van der Waals surface area (Å²) < 4.78 is 28.4. The normalized spacial score (nSPS) is 11.0. The third kappa shape index (κ3) is 4.56. The van der Waals surface area contributed by atoms with E-state index in [0.717, 1.165) is 5.56 Å². The van der Waals surface area contributed by atoms with Gasteiger partial charge in [-0.2, -0.15) is 0 Å². The zero-order chi connectivity index (χ0) is 19.4. The maximum atomic E-state index is 12.5. The highest BCUT2D eigenvalue weighted by molar-refractivity contribution is 9.10. The highest BCUT2D eigenvalue weighted by Gasteiger charge is 2.16. The molecule has 0 aromatic heterocycles. The first-order valence-electron chi connectivity index (χ1n) is 8.11. The van der Waals surface area contributed by atoms with Gasteiger partial charge in [0.15, 0.2) is 0 Å². The van der Waals surface area contributed by atoms with Crippen molar-refractivity contribution < 1.29 is 13.2 Å². The van der Waals surface area contributed by atoms with E-state index in [-0.39, 0.29) is 10.8 Å². The van der Waals surface area contributed by atoms with E-state index < -0.39 is 10.0 Å². The topological polar surface area (TPSA) is 75.3 Å². The number of hydrogen-bond donors (Lipinski definition) is 2. The number of rotatable bonds is 5. The van der Waals surface area contributed by atoms with Crippen LogP contribution in [0.25, 0.3) is 0 Å². The van der Waals surface area contributed by atoms with Crippen LogP contribution in [0.2, 0.25) is 0 Å². The van der Waals surface area contributed by atoms with Crippen LogP contribution in [0.5, 0.6) is 0 Å². The number of para-hydroxylation sites is 1. The van der Waals surface area contributed by atoms with Gasteiger partial charge in [-0.3, -0.25) is 9.52 Å². The Kier molecular flexibility index (Phi) is 5.62. The van der Waals surface area contributed by atoms with Gasteiger partial charge in [0.1, 0.15) is 0 Å². The van der Waals surface area contributed by atoms with Gasteiger partial charge in [0.25, 0.3) is 15.9 Å². The fraction of sp³-hybridized carbons (Fsp3) is 0.0500. The van der Waals surface area contributed by atoms with E-state index in [1.54, 1.807) is 42.5 Å². The van der Waals surface area contributed by atoms with Crippen LogP contribution in [-0.2, 0) is 10.0 Å². The van der Waals surface area contributed by atoms with Gasteiger partial charge in [0.2, 0.25) is 0 Å². The molecule has 0 atom stereocenters. The van der Waals surface area contributed by atoms with Crippen LogP contribution in [0.1, 0.15) is 15.9 Å². The second-order valence-electron chi connectivity index (χ2n) is 5.88. The summed E-state index contributed by atoms with van der Waals surface area (Å²) in [6, 6.07) is 20.2. The van der Waals surface area contributed by atoms with Crippen LogP contribution in [0.15, 0.2) is 82.2 Å². The number of amides is 1. The Bertz CT molecular complexity index is 1080. The van der Waals surface area contributed by atoms with E-state index >= 15 is 0 Å². The second-order valence-corrected chi connectivity index (χ2v) is 8.42. The molecule has 1 amide bonds. The number of hydrogen-bond acceptors (Lipinski definition) is 3. The van der Waals surface area contributed by atoms with Crippen molar-refractivity contribution in [2.24, 2.45) is 0 Å². The Balaban J connectivity index is 1.76. The number of nitrogens with one attached hydrogen (secondary N) is 2. The van der Waals surface area contributed by atoms with E-state index in [2.05, 4.69) is 26.0 Å². The van der Waals surface area contributed by atoms with Crippen LogP contribution in [0.3, 0.4) is 0 Å². The quantitative estimate of drug-likeness (QED) is 0.592. The van der Waals surface area contributed by atoms with Crippen LogP contribution in [0, 0.1) is 6.92 Å². The molecule has 0 aliphatic rings. The van der Waals surface area contributed by atoms with Crippen molar-refractivity contribution in [1.82, 2.24) is 0 Å². The smallest absolute Gasteiger partial charge is 0.261 e. The zero-order valence-electron chi connectivity index (χ0n) is 14.4. The van der Waals surface area contributed by atoms with Gasteiger partial charge >= 0.3 is 0 Å². The van der Waals surface area contributed by atoms with Crippen LogP contribution < -0.4 is 10.0 Å². The number of carbonyl (C=O) groups excluding carboxylic acids is 1. The molecule has 0 fully saturated rings. The fourth-order valence-electron chi connectivity index (χ4n) is 2.45. The number of carbonyl (C=O) groups is 1.